The number of halogens is 9. The molecule has 1 aliphatic rings. The molecular formula is C27H22F9N3O2. The van der Waals surface area contributed by atoms with E-state index in [9.17, 15) is 44.3 Å². The topological polar surface area (TPSA) is 54.5 Å². The van der Waals surface area contributed by atoms with Crippen molar-refractivity contribution in [3.05, 3.63) is 89.2 Å². The first kappa shape index (κ1) is 30.2. The summed E-state index contributed by atoms with van der Waals surface area (Å²) in [7, 11) is 0. The Morgan fingerprint density at radius 1 is 0.829 bits per heavy atom. The van der Waals surface area contributed by atoms with Gasteiger partial charge in [-0.05, 0) is 74.4 Å². The number of rotatable bonds is 6. The van der Waals surface area contributed by atoms with Crippen LogP contribution in [0, 0.1) is 0 Å². The molecule has 4 rings (SSSR count). The summed E-state index contributed by atoms with van der Waals surface area (Å²) in [5.41, 5.74) is -3.29. The summed E-state index contributed by atoms with van der Waals surface area (Å²) >= 11 is 0. The van der Waals surface area contributed by atoms with E-state index < -0.39 is 59.3 Å². The third-order valence-electron chi connectivity index (χ3n) is 6.47. The third-order valence-corrected chi connectivity index (χ3v) is 6.47. The lowest BCUT2D eigenvalue weighted by molar-refractivity contribution is -0.274. The van der Waals surface area contributed by atoms with Crippen LogP contribution in [0.25, 0.3) is 0 Å². The fourth-order valence-corrected chi connectivity index (χ4v) is 4.64. The Morgan fingerprint density at radius 2 is 1.44 bits per heavy atom. The van der Waals surface area contributed by atoms with Crippen molar-refractivity contribution < 1.29 is 49.0 Å². The van der Waals surface area contributed by atoms with Gasteiger partial charge in [0.25, 0.3) is 0 Å². The van der Waals surface area contributed by atoms with Crippen molar-refractivity contribution in [2.75, 3.05) is 4.90 Å². The smallest absolute Gasteiger partial charge is 0.406 e. The number of carbonyl (C=O) groups is 1. The summed E-state index contributed by atoms with van der Waals surface area (Å²) in [5.74, 6) is -1.23. The van der Waals surface area contributed by atoms with Crippen LogP contribution in [0.1, 0.15) is 48.8 Å². The summed E-state index contributed by atoms with van der Waals surface area (Å²) in [6.07, 6.45) is -14.5. The molecule has 5 nitrogen and oxygen atoms in total. The summed E-state index contributed by atoms with van der Waals surface area (Å²) in [6, 6.07) is 9.67. The van der Waals surface area contributed by atoms with E-state index in [-0.39, 0.29) is 23.4 Å². The molecule has 3 aromatic rings. The Hall–Kier alpha value is -3.81. The van der Waals surface area contributed by atoms with E-state index in [1.54, 1.807) is 0 Å². The van der Waals surface area contributed by atoms with Crippen molar-refractivity contribution >= 4 is 11.6 Å². The second-order valence-corrected chi connectivity index (χ2v) is 9.85. The molecule has 0 radical (unpaired) electrons. The molecule has 220 valence electrons. The first-order valence-electron chi connectivity index (χ1n) is 12.0. The summed E-state index contributed by atoms with van der Waals surface area (Å²) in [5, 5.41) is 2.97. The molecule has 0 unspecified atom stereocenters. The van der Waals surface area contributed by atoms with Gasteiger partial charge in [-0.1, -0.05) is 18.2 Å². The van der Waals surface area contributed by atoms with Crippen molar-refractivity contribution in [1.29, 1.82) is 0 Å². The maximum Gasteiger partial charge on any atom is 0.573 e. The van der Waals surface area contributed by atoms with E-state index in [1.807, 2.05) is 0 Å². The van der Waals surface area contributed by atoms with Gasteiger partial charge in [0.15, 0.2) is 0 Å². The molecule has 1 aromatic heterocycles. The van der Waals surface area contributed by atoms with E-state index in [1.165, 1.54) is 32.0 Å². The van der Waals surface area contributed by atoms with Gasteiger partial charge in [-0.25, -0.2) is 4.98 Å². The molecule has 1 amide bonds. The second kappa shape index (κ2) is 10.5. The maximum absolute atomic E-state index is 13.7. The van der Waals surface area contributed by atoms with Gasteiger partial charge >= 0.3 is 18.7 Å². The number of pyridine rings is 1. The first-order chi connectivity index (χ1) is 18.8. The Kier molecular flexibility index (Phi) is 7.76. The van der Waals surface area contributed by atoms with Gasteiger partial charge in [0.05, 0.1) is 28.9 Å². The van der Waals surface area contributed by atoms with E-state index in [0.717, 1.165) is 53.4 Å². The highest BCUT2D eigenvalue weighted by atomic mass is 19.4. The van der Waals surface area contributed by atoms with E-state index >= 15 is 0 Å². The molecule has 2 heterocycles. The van der Waals surface area contributed by atoms with Gasteiger partial charge < -0.3 is 9.64 Å². The molecule has 2 atom stereocenters. The molecule has 1 fully saturated rings. The molecule has 41 heavy (non-hydrogen) atoms. The van der Waals surface area contributed by atoms with Crippen LogP contribution in [-0.4, -0.2) is 23.3 Å². The molecule has 2 aromatic carbocycles. The number of aromatic nitrogens is 1. The van der Waals surface area contributed by atoms with Crippen molar-refractivity contribution in [1.82, 2.24) is 10.3 Å². The molecule has 0 aliphatic carbocycles. The van der Waals surface area contributed by atoms with E-state index in [0.29, 0.717) is 0 Å². The Labute approximate surface area is 227 Å². The van der Waals surface area contributed by atoms with Crippen molar-refractivity contribution in [3.63, 3.8) is 0 Å². The number of hydrogen-bond acceptors (Lipinski definition) is 4. The minimum atomic E-state index is -4.97. The summed E-state index contributed by atoms with van der Waals surface area (Å²) in [6.45, 7) is 2.99. The highest BCUT2D eigenvalue weighted by Gasteiger charge is 2.45. The number of alkyl halides is 9. The van der Waals surface area contributed by atoms with Crippen molar-refractivity contribution in [3.8, 4) is 5.75 Å². The van der Waals surface area contributed by atoms with Gasteiger partial charge in [-0.2, -0.15) is 26.3 Å². The fraction of sp³-hybridized carbons (Fsp3) is 0.333. The van der Waals surface area contributed by atoms with Gasteiger partial charge in [0.1, 0.15) is 11.4 Å². The van der Waals surface area contributed by atoms with Gasteiger partial charge in [-0.15, -0.1) is 13.2 Å². The predicted octanol–water partition coefficient (Wildman–Crippen LogP) is 7.39. The Morgan fingerprint density at radius 3 is 2.02 bits per heavy atom. The number of benzene rings is 2. The summed E-state index contributed by atoms with van der Waals surface area (Å²) < 4.78 is 122. The highest BCUT2D eigenvalue weighted by Crippen LogP contribution is 2.41. The lowest BCUT2D eigenvalue weighted by Gasteiger charge is -2.29. The lowest BCUT2D eigenvalue weighted by Crippen LogP contribution is -2.48. The number of anilines is 1. The van der Waals surface area contributed by atoms with Gasteiger partial charge in [0, 0.05) is 5.69 Å². The number of ether oxygens (including phenoxy) is 1. The zero-order valence-electron chi connectivity index (χ0n) is 21.3. The first-order valence-corrected chi connectivity index (χ1v) is 12.0. The van der Waals surface area contributed by atoms with Crippen molar-refractivity contribution in [2.24, 2.45) is 0 Å². The monoisotopic (exact) mass is 591 g/mol. The van der Waals surface area contributed by atoms with Crippen LogP contribution in [0.4, 0.5) is 45.2 Å². The quantitative estimate of drug-likeness (QED) is 0.304. The molecule has 0 spiro atoms. The number of amides is 1. The summed E-state index contributed by atoms with van der Waals surface area (Å²) in [4.78, 5) is 18.5. The average Bonchev–Trinajstić information content (AvgIpc) is 3.18. The van der Waals surface area contributed by atoms with Crippen molar-refractivity contribution in [2.45, 2.75) is 56.6 Å². The molecule has 0 bridgehead atoms. The normalized spacial score (nSPS) is 18.6. The molecular weight excluding hydrogens is 569 g/mol. The van der Waals surface area contributed by atoms with Gasteiger partial charge in [-0.3, -0.25) is 10.1 Å². The third kappa shape index (κ3) is 6.92. The van der Waals surface area contributed by atoms with Crippen LogP contribution >= 0.6 is 0 Å². The van der Waals surface area contributed by atoms with Crippen LogP contribution in [0.15, 0.2) is 66.7 Å². The largest absolute Gasteiger partial charge is 0.573 e. The van der Waals surface area contributed by atoms with Crippen LogP contribution < -0.4 is 15.0 Å². The number of carbonyl (C=O) groups excluding carboxylic acids is 1. The number of nitrogens with zero attached hydrogens (tertiary/aromatic N) is 2. The molecule has 14 heteroatoms. The lowest BCUT2D eigenvalue weighted by atomic mass is 9.96. The number of nitrogens with one attached hydrogen (secondary N) is 1. The fourth-order valence-electron chi connectivity index (χ4n) is 4.64. The van der Waals surface area contributed by atoms with Crippen LogP contribution in [0.3, 0.4) is 0 Å². The molecule has 1 aliphatic heterocycles. The van der Waals surface area contributed by atoms with E-state index in [4.69, 9.17) is 0 Å². The highest BCUT2D eigenvalue weighted by molar-refractivity contribution is 6.00. The predicted molar refractivity (Wildman–Crippen MR) is 129 cm³/mol. The zero-order chi connectivity index (χ0) is 30.4. The number of hydrogen-bond donors (Lipinski definition) is 1. The maximum atomic E-state index is 13.7. The van der Waals surface area contributed by atoms with Crippen LogP contribution in [0.5, 0.6) is 5.75 Å². The molecule has 0 saturated carbocycles. The SMILES string of the molecule is CC(C)(N[C@@H]1C[C@H](c2cccc(C(F)(F)F)c2)N(c2ccc(OC(F)(F)F)cc2)C1=O)c1cccc(C(F)(F)F)n1. The Bertz CT molecular complexity index is 1400. The van der Waals surface area contributed by atoms with Gasteiger partial charge in [0.2, 0.25) is 5.91 Å². The Balaban J connectivity index is 1.70. The zero-order valence-corrected chi connectivity index (χ0v) is 21.3. The van der Waals surface area contributed by atoms with E-state index in [2.05, 4.69) is 15.0 Å². The minimum Gasteiger partial charge on any atom is -0.406 e. The average molecular weight is 591 g/mol. The van der Waals surface area contributed by atoms with Crippen LogP contribution in [0.2, 0.25) is 0 Å². The minimum absolute atomic E-state index is 0.0390. The standard InChI is InChI=1S/C27H22F9N3O2/c1-24(2,21-7-4-8-22(37-21)26(31,32)33)38-19-14-20(15-5-3-6-16(13-15)25(28,29)30)39(23(19)40)17-9-11-18(12-10-17)41-27(34,35)36/h3-13,19-20,38H,14H2,1-2H3/t19-,20-/m1/s1. The second-order valence-electron chi connectivity index (χ2n) is 9.85. The molecule has 1 saturated heterocycles. The van der Waals surface area contributed by atoms with Crippen LogP contribution in [-0.2, 0) is 22.7 Å². The molecule has 1 N–H and O–H groups in total.